The van der Waals surface area contributed by atoms with Crippen LogP contribution in [-0.2, 0) is 7.05 Å². The van der Waals surface area contributed by atoms with Crippen LogP contribution in [0.15, 0.2) is 6.20 Å². The van der Waals surface area contributed by atoms with Gasteiger partial charge in [0.2, 0.25) is 0 Å². The third-order valence-electron chi connectivity index (χ3n) is 1.65. The average molecular weight is 168 g/mol. The van der Waals surface area contributed by atoms with Crippen molar-refractivity contribution < 1.29 is 4.79 Å². The highest BCUT2D eigenvalue weighted by Gasteiger charge is 2.16. The van der Waals surface area contributed by atoms with E-state index in [-0.39, 0.29) is 11.7 Å². The van der Waals surface area contributed by atoms with Crippen molar-refractivity contribution in [3.05, 3.63) is 11.9 Å². The number of nitrogens with two attached hydrogens (primary N) is 1. The molecule has 1 aromatic rings. The minimum atomic E-state index is -0.179. The van der Waals surface area contributed by atoms with Crippen LogP contribution in [0.5, 0.6) is 0 Å². The van der Waals surface area contributed by atoms with Crippen LogP contribution in [0.2, 0.25) is 0 Å². The zero-order chi connectivity index (χ0) is 9.14. The summed E-state index contributed by atoms with van der Waals surface area (Å²) in [6, 6.07) is 0. The average Bonchev–Trinajstić information content (AvgIpc) is 2.49. The number of aryl methyl sites for hydroxylation is 1. The number of carbonyl (C=O) groups excluding carboxylic acids is 1. The van der Waals surface area contributed by atoms with Crippen molar-refractivity contribution in [1.29, 1.82) is 0 Å². The van der Waals surface area contributed by atoms with Crippen molar-refractivity contribution in [3.63, 3.8) is 0 Å². The molecule has 2 N–H and O–H groups in total. The summed E-state index contributed by atoms with van der Waals surface area (Å²) in [7, 11) is 1.67. The second-order valence-electron chi connectivity index (χ2n) is 2.72. The second-order valence-corrected chi connectivity index (χ2v) is 2.72. The van der Waals surface area contributed by atoms with Crippen molar-refractivity contribution in [2.75, 3.05) is 6.54 Å². The zero-order valence-electron chi connectivity index (χ0n) is 7.19. The molecule has 0 aromatic carbocycles. The number of carbonyl (C=O) groups is 1. The van der Waals surface area contributed by atoms with E-state index in [2.05, 4.69) is 10.2 Å². The molecule has 0 saturated carbocycles. The van der Waals surface area contributed by atoms with E-state index in [4.69, 9.17) is 5.73 Å². The fourth-order valence-electron chi connectivity index (χ4n) is 0.818. The number of hydrogen-bond acceptors (Lipinski definition) is 4. The molecule has 0 bridgehead atoms. The molecular formula is C7H12N4O. The predicted octanol–water partition coefficient (Wildman–Crippen LogP) is -0.407. The Bertz CT molecular complexity index is 281. The highest BCUT2D eigenvalue weighted by atomic mass is 16.1. The molecule has 0 aliphatic carbocycles. The van der Waals surface area contributed by atoms with Gasteiger partial charge in [0, 0.05) is 19.5 Å². The molecule has 12 heavy (non-hydrogen) atoms. The summed E-state index contributed by atoms with van der Waals surface area (Å²) >= 11 is 0. The molecule has 0 aliphatic heterocycles. The molecule has 66 valence electrons. The smallest absolute Gasteiger partial charge is 0.188 e. The first-order valence-corrected chi connectivity index (χ1v) is 3.75. The Morgan fingerprint density at radius 2 is 2.50 bits per heavy atom. The Kier molecular flexibility index (Phi) is 2.54. The van der Waals surface area contributed by atoms with Gasteiger partial charge in [-0.15, -0.1) is 0 Å². The SMILES string of the molecule is CC(CN)C(=O)c1cnn(C)n1. The Hall–Kier alpha value is -1.23. The summed E-state index contributed by atoms with van der Waals surface area (Å²) < 4.78 is 0. The van der Waals surface area contributed by atoms with Crippen LogP contribution in [0.1, 0.15) is 17.4 Å². The van der Waals surface area contributed by atoms with Crippen LogP contribution >= 0.6 is 0 Å². The molecule has 0 fully saturated rings. The Balaban J connectivity index is 2.78. The van der Waals surface area contributed by atoms with E-state index in [0.29, 0.717) is 12.2 Å². The molecule has 1 atom stereocenters. The molecule has 1 heterocycles. The lowest BCUT2D eigenvalue weighted by Crippen LogP contribution is -2.21. The quantitative estimate of drug-likeness (QED) is 0.623. The number of aromatic nitrogens is 3. The number of rotatable bonds is 3. The first-order valence-electron chi connectivity index (χ1n) is 3.75. The summed E-state index contributed by atoms with van der Waals surface area (Å²) in [6.45, 7) is 2.12. The van der Waals surface area contributed by atoms with Crippen molar-refractivity contribution >= 4 is 5.78 Å². The largest absolute Gasteiger partial charge is 0.330 e. The predicted molar refractivity (Wildman–Crippen MR) is 43.6 cm³/mol. The third-order valence-corrected chi connectivity index (χ3v) is 1.65. The van der Waals surface area contributed by atoms with E-state index < -0.39 is 0 Å². The fraction of sp³-hybridized carbons (Fsp3) is 0.571. The van der Waals surface area contributed by atoms with Gasteiger partial charge in [-0.25, -0.2) is 0 Å². The number of ketones is 1. The summed E-state index contributed by atoms with van der Waals surface area (Å²) in [5.74, 6) is -0.229. The fourth-order valence-corrected chi connectivity index (χ4v) is 0.818. The molecule has 0 spiro atoms. The number of nitrogens with zero attached hydrogens (tertiary/aromatic N) is 3. The van der Waals surface area contributed by atoms with Gasteiger partial charge < -0.3 is 5.73 Å². The van der Waals surface area contributed by atoms with Crippen LogP contribution in [0.3, 0.4) is 0 Å². The summed E-state index contributed by atoms with van der Waals surface area (Å²) in [6.07, 6.45) is 1.45. The van der Waals surface area contributed by atoms with Gasteiger partial charge in [-0.3, -0.25) is 4.79 Å². The van der Waals surface area contributed by atoms with Crippen LogP contribution < -0.4 is 5.73 Å². The molecular weight excluding hydrogens is 156 g/mol. The van der Waals surface area contributed by atoms with Gasteiger partial charge in [-0.05, 0) is 0 Å². The lowest BCUT2D eigenvalue weighted by Gasteiger charge is -2.02. The maximum Gasteiger partial charge on any atom is 0.188 e. The first-order chi connectivity index (χ1) is 5.65. The minimum Gasteiger partial charge on any atom is -0.330 e. The molecule has 5 nitrogen and oxygen atoms in total. The Morgan fingerprint density at radius 1 is 1.83 bits per heavy atom. The van der Waals surface area contributed by atoms with Gasteiger partial charge in [0.1, 0.15) is 5.69 Å². The van der Waals surface area contributed by atoms with Crippen LogP contribution in [0.25, 0.3) is 0 Å². The van der Waals surface area contributed by atoms with Gasteiger partial charge in [0.05, 0.1) is 6.20 Å². The second kappa shape index (κ2) is 3.44. The van der Waals surface area contributed by atoms with E-state index in [1.165, 1.54) is 11.0 Å². The van der Waals surface area contributed by atoms with Crippen LogP contribution in [-0.4, -0.2) is 27.3 Å². The van der Waals surface area contributed by atoms with Crippen LogP contribution in [0, 0.1) is 5.92 Å². The first kappa shape index (κ1) is 8.86. The molecule has 5 heteroatoms. The van der Waals surface area contributed by atoms with E-state index in [1.54, 1.807) is 14.0 Å². The molecule has 1 aromatic heterocycles. The number of Topliss-reactive ketones (excluding diaryl/α,β-unsaturated/α-hetero) is 1. The molecule has 0 aliphatic rings. The monoisotopic (exact) mass is 168 g/mol. The van der Waals surface area contributed by atoms with E-state index in [9.17, 15) is 4.79 Å². The van der Waals surface area contributed by atoms with E-state index in [1.807, 2.05) is 0 Å². The van der Waals surface area contributed by atoms with Crippen molar-refractivity contribution in [2.45, 2.75) is 6.92 Å². The Labute approximate surface area is 70.6 Å². The maximum absolute atomic E-state index is 11.4. The van der Waals surface area contributed by atoms with Gasteiger partial charge >= 0.3 is 0 Å². The third kappa shape index (κ3) is 1.68. The van der Waals surface area contributed by atoms with Gasteiger partial charge in [-0.2, -0.15) is 15.0 Å². The van der Waals surface area contributed by atoms with Crippen LogP contribution in [0.4, 0.5) is 0 Å². The molecule has 0 saturated heterocycles. The lowest BCUT2D eigenvalue weighted by molar-refractivity contribution is 0.0928. The van der Waals surface area contributed by atoms with E-state index >= 15 is 0 Å². The minimum absolute atomic E-state index is 0.0504. The molecule has 1 rings (SSSR count). The standard InChI is InChI=1S/C7H12N4O/c1-5(3-8)7(12)6-4-9-11(2)10-6/h4-5H,3,8H2,1-2H3. The number of hydrogen-bond donors (Lipinski definition) is 1. The van der Waals surface area contributed by atoms with E-state index in [0.717, 1.165) is 0 Å². The van der Waals surface area contributed by atoms with Gasteiger partial charge in [0.25, 0.3) is 0 Å². The van der Waals surface area contributed by atoms with Crippen molar-refractivity contribution in [3.8, 4) is 0 Å². The maximum atomic E-state index is 11.4. The molecule has 1 unspecified atom stereocenters. The lowest BCUT2D eigenvalue weighted by atomic mass is 10.1. The zero-order valence-corrected chi connectivity index (χ0v) is 7.19. The summed E-state index contributed by atoms with van der Waals surface area (Å²) in [5, 5.41) is 7.68. The van der Waals surface area contributed by atoms with Gasteiger partial charge in [-0.1, -0.05) is 6.92 Å². The van der Waals surface area contributed by atoms with Crippen molar-refractivity contribution in [1.82, 2.24) is 15.0 Å². The summed E-state index contributed by atoms with van der Waals surface area (Å²) in [5.41, 5.74) is 5.73. The highest BCUT2D eigenvalue weighted by molar-refractivity contribution is 5.95. The molecule has 0 radical (unpaired) electrons. The van der Waals surface area contributed by atoms with Crippen molar-refractivity contribution in [2.24, 2.45) is 18.7 Å². The Morgan fingerprint density at radius 3 is 2.92 bits per heavy atom. The molecule has 0 amide bonds. The summed E-state index contributed by atoms with van der Waals surface area (Å²) in [4.78, 5) is 12.8. The van der Waals surface area contributed by atoms with Gasteiger partial charge in [0.15, 0.2) is 5.78 Å². The normalized spacial score (nSPS) is 12.9. The topological polar surface area (TPSA) is 73.8 Å². The highest BCUT2D eigenvalue weighted by Crippen LogP contribution is 2.02.